The predicted molar refractivity (Wildman–Crippen MR) is 108 cm³/mol. The molecule has 3 aromatic rings. The van der Waals surface area contributed by atoms with Crippen LogP contribution in [0.5, 0.6) is 0 Å². The van der Waals surface area contributed by atoms with Crippen molar-refractivity contribution in [3.63, 3.8) is 0 Å². The van der Waals surface area contributed by atoms with Crippen molar-refractivity contribution in [3.05, 3.63) is 59.7 Å². The SMILES string of the molecule is CC(C)(O)C#Cc1cccc2cc3cccc(C#CC(C)(C)O)c3cc12. The summed E-state index contributed by atoms with van der Waals surface area (Å²) in [6, 6.07) is 16.2. The molecule has 0 radical (unpaired) electrons. The fraction of sp³-hybridized carbons (Fsp3) is 0.250. The minimum absolute atomic E-state index is 0.872. The van der Waals surface area contributed by atoms with Crippen molar-refractivity contribution in [1.82, 2.24) is 0 Å². The van der Waals surface area contributed by atoms with Crippen LogP contribution in [0.1, 0.15) is 38.8 Å². The van der Waals surface area contributed by atoms with Crippen LogP contribution in [-0.4, -0.2) is 21.4 Å². The maximum Gasteiger partial charge on any atom is 0.120 e. The summed E-state index contributed by atoms with van der Waals surface area (Å²) in [6.07, 6.45) is 0. The van der Waals surface area contributed by atoms with Crippen LogP contribution in [0.25, 0.3) is 21.5 Å². The second kappa shape index (κ2) is 6.50. The third-order valence-electron chi connectivity index (χ3n) is 3.89. The first-order valence-electron chi connectivity index (χ1n) is 8.59. The molecule has 130 valence electrons. The monoisotopic (exact) mass is 342 g/mol. The van der Waals surface area contributed by atoms with Crippen molar-refractivity contribution in [2.75, 3.05) is 0 Å². The summed E-state index contributed by atoms with van der Waals surface area (Å²) in [4.78, 5) is 0. The largest absolute Gasteiger partial charge is 0.378 e. The molecule has 0 atom stereocenters. The number of fused-ring (bicyclic) bond motifs is 2. The Kier molecular flexibility index (Phi) is 4.51. The molecule has 0 bridgehead atoms. The Bertz CT molecular complexity index is 1020. The van der Waals surface area contributed by atoms with Crippen LogP contribution < -0.4 is 0 Å². The van der Waals surface area contributed by atoms with Crippen molar-refractivity contribution >= 4 is 21.5 Å². The lowest BCUT2D eigenvalue weighted by Gasteiger charge is -2.09. The highest BCUT2D eigenvalue weighted by molar-refractivity contribution is 6.02. The van der Waals surface area contributed by atoms with Gasteiger partial charge in [0.15, 0.2) is 0 Å². The van der Waals surface area contributed by atoms with Gasteiger partial charge in [-0.3, -0.25) is 0 Å². The second-order valence-corrected chi connectivity index (χ2v) is 7.52. The van der Waals surface area contributed by atoms with Crippen molar-refractivity contribution in [2.45, 2.75) is 38.9 Å². The third-order valence-corrected chi connectivity index (χ3v) is 3.89. The molecule has 0 aliphatic rings. The van der Waals surface area contributed by atoms with Gasteiger partial charge in [-0.1, -0.05) is 47.9 Å². The van der Waals surface area contributed by atoms with Crippen LogP contribution in [0.3, 0.4) is 0 Å². The van der Waals surface area contributed by atoms with Crippen LogP contribution in [0.15, 0.2) is 48.5 Å². The van der Waals surface area contributed by atoms with E-state index < -0.39 is 11.2 Å². The molecule has 0 heterocycles. The first kappa shape index (κ1) is 18.0. The molecule has 2 nitrogen and oxygen atoms in total. The number of hydrogen-bond acceptors (Lipinski definition) is 2. The third kappa shape index (κ3) is 4.24. The van der Waals surface area contributed by atoms with E-state index in [1.165, 1.54) is 0 Å². The zero-order chi connectivity index (χ0) is 18.9. The normalized spacial score (nSPS) is 11.6. The van der Waals surface area contributed by atoms with E-state index in [1.54, 1.807) is 27.7 Å². The molecule has 26 heavy (non-hydrogen) atoms. The Hall–Kier alpha value is -2.78. The molecule has 0 saturated carbocycles. The van der Waals surface area contributed by atoms with Gasteiger partial charge in [-0.25, -0.2) is 0 Å². The fourth-order valence-electron chi connectivity index (χ4n) is 2.71. The number of aliphatic hydroxyl groups is 2. The van der Waals surface area contributed by atoms with Crippen molar-refractivity contribution in [2.24, 2.45) is 0 Å². The highest BCUT2D eigenvalue weighted by atomic mass is 16.3. The standard InChI is InChI=1S/C24H22O2/c1-23(2,25)13-11-17-7-5-9-19-15-20-10-6-8-18(12-14-24(3,4)26)22(20)16-21(17)19/h5-10,15-16,25-26H,1-4H3. The Balaban J connectivity index is 2.27. The summed E-state index contributed by atoms with van der Waals surface area (Å²) in [7, 11) is 0. The first-order chi connectivity index (χ1) is 12.1. The van der Waals surface area contributed by atoms with Gasteiger partial charge in [-0.2, -0.15) is 0 Å². The lowest BCUT2D eigenvalue weighted by atomic mass is 9.96. The smallest absolute Gasteiger partial charge is 0.120 e. The van der Waals surface area contributed by atoms with E-state index in [0.29, 0.717) is 0 Å². The molecule has 0 aliphatic heterocycles. The van der Waals surface area contributed by atoms with E-state index in [2.05, 4.69) is 47.9 Å². The van der Waals surface area contributed by atoms with E-state index in [0.717, 1.165) is 32.7 Å². The molecule has 3 aromatic carbocycles. The molecule has 0 amide bonds. The van der Waals surface area contributed by atoms with Gasteiger partial charge >= 0.3 is 0 Å². The lowest BCUT2D eigenvalue weighted by Crippen LogP contribution is -2.14. The van der Waals surface area contributed by atoms with Gasteiger partial charge in [0.2, 0.25) is 0 Å². The van der Waals surface area contributed by atoms with Crippen LogP contribution >= 0.6 is 0 Å². The van der Waals surface area contributed by atoms with Crippen LogP contribution in [0.2, 0.25) is 0 Å². The summed E-state index contributed by atoms with van der Waals surface area (Å²) in [5, 5.41) is 24.0. The Labute approximate surface area is 154 Å². The van der Waals surface area contributed by atoms with Crippen molar-refractivity contribution < 1.29 is 10.2 Å². The maximum atomic E-state index is 9.90. The molecule has 0 spiro atoms. The second-order valence-electron chi connectivity index (χ2n) is 7.52. The molecule has 0 unspecified atom stereocenters. The minimum atomic E-state index is -1.04. The Morgan fingerprint density at radius 3 is 1.46 bits per heavy atom. The molecule has 2 heteroatoms. The predicted octanol–water partition coefficient (Wildman–Crippen LogP) is 4.24. The number of benzene rings is 3. The zero-order valence-electron chi connectivity index (χ0n) is 15.5. The van der Waals surface area contributed by atoms with E-state index in [-0.39, 0.29) is 0 Å². The molecular weight excluding hydrogens is 320 g/mol. The highest BCUT2D eigenvalue weighted by Crippen LogP contribution is 2.27. The zero-order valence-corrected chi connectivity index (χ0v) is 15.5. The van der Waals surface area contributed by atoms with Gasteiger partial charge in [0.05, 0.1) is 0 Å². The van der Waals surface area contributed by atoms with E-state index in [1.807, 2.05) is 24.3 Å². The average Bonchev–Trinajstić information content (AvgIpc) is 2.54. The van der Waals surface area contributed by atoms with E-state index in [4.69, 9.17) is 0 Å². The molecule has 0 aliphatic carbocycles. The molecular formula is C24H22O2. The summed E-state index contributed by atoms with van der Waals surface area (Å²) in [6.45, 7) is 6.69. The molecule has 0 aromatic heterocycles. The van der Waals surface area contributed by atoms with Gasteiger partial charge in [0.1, 0.15) is 11.2 Å². The van der Waals surface area contributed by atoms with E-state index in [9.17, 15) is 10.2 Å². The van der Waals surface area contributed by atoms with Crippen molar-refractivity contribution in [3.8, 4) is 23.7 Å². The molecule has 3 rings (SSSR count). The van der Waals surface area contributed by atoms with Gasteiger partial charge < -0.3 is 10.2 Å². The summed E-state index contributed by atoms with van der Waals surface area (Å²) in [5.41, 5.74) is -0.335. The summed E-state index contributed by atoms with van der Waals surface area (Å²) in [5.74, 6) is 11.9. The van der Waals surface area contributed by atoms with Crippen LogP contribution in [0, 0.1) is 23.7 Å². The van der Waals surface area contributed by atoms with Crippen molar-refractivity contribution in [1.29, 1.82) is 0 Å². The number of hydrogen-bond donors (Lipinski definition) is 2. The Morgan fingerprint density at radius 2 is 1.08 bits per heavy atom. The van der Waals surface area contributed by atoms with E-state index >= 15 is 0 Å². The summed E-state index contributed by atoms with van der Waals surface area (Å²) >= 11 is 0. The molecule has 0 saturated heterocycles. The van der Waals surface area contributed by atoms with Gasteiger partial charge in [0.25, 0.3) is 0 Å². The quantitative estimate of drug-likeness (QED) is 0.474. The maximum absolute atomic E-state index is 9.90. The first-order valence-corrected chi connectivity index (χ1v) is 8.59. The fourth-order valence-corrected chi connectivity index (χ4v) is 2.71. The van der Waals surface area contributed by atoms with Gasteiger partial charge in [-0.15, -0.1) is 0 Å². The highest BCUT2D eigenvalue weighted by Gasteiger charge is 2.09. The summed E-state index contributed by atoms with van der Waals surface area (Å²) < 4.78 is 0. The molecule has 2 N–H and O–H groups in total. The minimum Gasteiger partial charge on any atom is -0.378 e. The lowest BCUT2D eigenvalue weighted by molar-refractivity contribution is 0.143. The molecule has 0 fully saturated rings. The Morgan fingerprint density at radius 1 is 0.654 bits per heavy atom. The van der Waals surface area contributed by atoms with Crippen LogP contribution in [0.4, 0.5) is 0 Å². The number of rotatable bonds is 0. The van der Waals surface area contributed by atoms with Gasteiger partial charge in [-0.05, 0) is 73.5 Å². The topological polar surface area (TPSA) is 40.5 Å². The van der Waals surface area contributed by atoms with Crippen LogP contribution in [-0.2, 0) is 0 Å². The average molecular weight is 342 g/mol. The van der Waals surface area contributed by atoms with Gasteiger partial charge in [0, 0.05) is 11.1 Å².